The van der Waals surface area contributed by atoms with Crippen LogP contribution in [0.15, 0.2) is 259 Å². The highest BCUT2D eigenvalue weighted by Crippen LogP contribution is 2.57. The van der Waals surface area contributed by atoms with Crippen molar-refractivity contribution < 1.29 is 4.42 Å². The molecule has 1 aliphatic carbocycles. The van der Waals surface area contributed by atoms with E-state index in [-0.39, 0.29) is 0 Å². The van der Waals surface area contributed by atoms with Gasteiger partial charge in [-0.3, -0.25) is 0 Å². The van der Waals surface area contributed by atoms with Crippen LogP contribution in [0.25, 0.3) is 44.2 Å². The Morgan fingerprint density at radius 2 is 0.797 bits per heavy atom. The number of anilines is 6. The SMILES string of the molecule is c1ccc(-c2ccccc2N(c2cccc(N(c3ccccc3)c3cccc(C4(c5ccccc5)c5ccccc5-c5ccccc54)c3)c2)c2cccc3oc4ccccc4c23)cc1. The first-order valence-electron chi connectivity index (χ1n) is 21.9. The number of para-hydroxylation sites is 3. The Kier molecular flexibility index (Phi) is 9.05. The third-order valence-electron chi connectivity index (χ3n) is 12.9. The van der Waals surface area contributed by atoms with Gasteiger partial charge >= 0.3 is 0 Å². The topological polar surface area (TPSA) is 19.6 Å². The van der Waals surface area contributed by atoms with E-state index < -0.39 is 5.41 Å². The summed E-state index contributed by atoms with van der Waals surface area (Å²) in [5.74, 6) is 0. The van der Waals surface area contributed by atoms with Crippen molar-refractivity contribution in [3.8, 4) is 22.3 Å². The normalized spacial score (nSPS) is 12.5. The first kappa shape index (κ1) is 37.4. The average molecular weight is 819 g/mol. The summed E-state index contributed by atoms with van der Waals surface area (Å²) in [5.41, 5.74) is 17.4. The van der Waals surface area contributed by atoms with Crippen LogP contribution >= 0.6 is 0 Å². The van der Waals surface area contributed by atoms with E-state index >= 15 is 0 Å². The van der Waals surface area contributed by atoms with Crippen LogP contribution in [-0.4, -0.2) is 0 Å². The second-order valence-electron chi connectivity index (χ2n) is 16.4. The van der Waals surface area contributed by atoms with Crippen molar-refractivity contribution in [2.45, 2.75) is 5.41 Å². The standard InChI is InChI=1S/C61H42N2O/c1-4-21-43(22-5-1)50-31-12-16-37-56(50)63(57-38-20-40-59-60(57)53-34-13-17-39-58(53)64-59)49-30-19-29-48(42-49)62(46-26-8-3-9-27-46)47-28-18-25-45(41-47)61(44-23-6-2-7-24-44)54-35-14-10-32-51(54)52-33-11-15-36-55(52)61/h1-42H. The van der Waals surface area contributed by atoms with Crippen LogP contribution in [0.2, 0.25) is 0 Å². The van der Waals surface area contributed by atoms with E-state index in [0.717, 1.165) is 67.2 Å². The molecule has 64 heavy (non-hydrogen) atoms. The first-order chi connectivity index (χ1) is 31.8. The van der Waals surface area contributed by atoms with Crippen molar-refractivity contribution in [2.75, 3.05) is 9.80 Å². The highest BCUT2D eigenvalue weighted by atomic mass is 16.3. The van der Waals surface area contributed by atoms with Gasteiger partial charge in [0.25, 0.3) is 0 Å². The van der Waals surface area contributed by atoms with Gasteiger partial charge in [-0.1, -0.05) is 188 Å². The largest absolute Gasteiger partial charge is 0.456 e. The summed E-state index contributed by atoms with van der Waals surface area (Å²) < 4.78 is 6.51. The summed E-state index contributed by atoms with van der Waals surface area (Å²) in [6.45, 7) is 0. The lowest BCUT2D eigenvalue weighted by Gasteiger charge is -2.35. The quantitative estimate of drug-likeness (QED) is 0.145. The second-order valence-corrected chi connectivity index (χ2v) is 16.4. The summed E-state index contributed by atoms with van der Waals surface area (Å²) in [6.07, 6.45) is 0. The molecular weight excluding hydrogens is 777 g/mol. The number of rotatable bonds is 9. The Morgan fingerprint density at radius 3 is 1.53 bits per heavy atom. The van der Waals surface area contributed by atoms with E-state index in [4.69, 9.17) is 4.42 Å². The Bertz CT molecular complexity index is 3420. The van der Waals surface area contributed by atoms with Crippen LogP contribution < -0.4 is 9.80 Å². The monoisotopic (exact) mass is 818 g/mol. The molecule has 3 heteroatoms. The Balaban J connectivity index is 1.09. The van der Waals surface area contributed by atoms with Crippen LogP contribution in [0.3, 0.4) is 0 Å². The fourth-order valence-electron chi connectivity index (χ4n) is 10.3. The van der Waals surface area contributed by atoms with Crippen molar-refractivity contribution in [1.29, 1.82) is 0 Å². The van der Waals surface area contributed by atoms with Gasteiger partial charge in [-0.05, 0) is 106 Å². The minimum absolute atomic E-state index is 0.529. The van der Waals surface area contributed by atoms with Crippen molar-refractivity contribution in [1.82, 2.24) is 0 Å². The maximum Gasteiger partial charge on any atom is 0.137 e. The van der Waals surface area contributed by atoms with E-state index in [1.54, 1.807) is 0 Å². The van der Waals surface area contributed by atoms with E-state index in [9.17, 15) is 0 Å². The van der Waals surface area contributed by atoms with Crippen molar-refractivity contribution in [3.05, 3.63) is 277 Å². The highest BCUT2D eigenvalue weighted by molar-refractivity contribution is 6.14. The number of hydrogen-bond acceptors (Lipinski definition) is 3. The second kappa shape index (κ2) is 15.5. The predicted molar refractivity (Wildman–Crippen MR) is 266 cm³/mol. The molecule has 0 bridgehead atoms. The van der Waals surface area contributed by atoms with Crippen molar-refractivity contribution >= 4 is 56.1 Å². The molecule has 3 nitrogen and oxygen atoms in total. The fourth-order valence-corrected chi connectivity index (χ4v) is 10.3. The summed E-state index contributed by atoms with van der Waals surface area (Å²) >= 11 is 0. The Morgan fingerprint density at radius 1 is 0.312 bits per heavy atom. The molecule has 1 aliphatic rings. The zero-order valence-corrected chi connectivity index (χ0v) is 35.1. The van der Waals surface area contributed by atoms with Crippen LogP contribution in [0.5, 0.6) is 0 Å². The summed E-state index contributed by atoms with van der Waals surface area (Å²) in [7, 11) is 0. The number of nitrogens with zero attached hydrogens (tertiary/aromatic N) is 2. The third-order valence-corrected chi connectivity index (χ3v) is 12.9. The molecule has 1 aromatic heterocycles. The van der Waals surface area contributed by atoms with Gasteiger partial charge in [-0.25, -0.2) is 0 Å². The number of furan rings is 1. The summed E-state index contributed by atoms with van der Waals surface area (Å²) in [4.78, 5) is 4.81. The molecule has 0 fully saturated rings. The summed E-state index contributed by atoms with van der Waals surface area (Å²) in [6, 6.07) is 91.9. The van der Waals surface area contributed by atoms with Gasteiger partial charge in [0.1, 0.15) is 11.2 Å². The molecule has 0 atom stereocenters. The number of benzene rings is 10. The molecule has 0 amide bonds. The van der Waals surface area contributed by atoms with E-state index in [1.807, 2.05) is 6.07 Å². The molecule has 0 saturated carbocycles. The third kappa shape index (κ3) is 5.97. The van der Waals surface area contributed by atoms with E-state index in [2.05, 4.69) is 259 Å². The minimum Gasteiger partial charge on any atom is -0.456 e. The van der Waals surface area contributed by atoms with Gasteiger partial charge < -0.3 is 14.2 Å². The molecule has 0 N–H and O–H groups in total. The van der Waals surface area contributed by atoms with Crippen LogP contribution in [-0.2, 0) is 5.41 Å². The average Bonchev–Trinajstić information content (AvgIpc) is 3.90. The number of fused-ring (bicyclic) bond motifs is 6. The molecule has 0 radical (unpaired) electrons. The lowest BCUT2D eigenvalue weighted by atomic mass is 9.67. The van der Waals surface area contributed by atoms with Gasteiger partial charge in [0.15, 0.2) is 0 Å². The zero-order chi connectivity index (χ0) is 42.5. The van der Waals surface area contributed by atoms with Gasteiger partial charge in [0, 0.05) is 33.7 Å². The number of hydrogen-bond donors (Lipinski definition) is 0. The molecule has 10 aromatic carbocycles. The Labute approximate surface area is 373 Å². The molecule has 0 saturated heterocycles. The molecule has 0 unspecified atom stereocenters. The van der Waals surface area contributed by atoms with Gasteiger partial charge in [-0.15, -0.1) is 0 Å². The molecule has 0 aliphatic heterocycles. The predicted octanol–water partition coefficient (Wildman–Crippen LogP) is 16.6. The summed E-state index contributed by atoms with van der Waals surface area (Å²) in [5, 5.41) is 2.15. The minimum atomic E-state index is -0.529. The van der Waals surface area contributed by atoms with Gasteiger partial charge in [0.05, 0.1) is 22.2 Å². The Hall–Kier alpha value is -8.40. The van der Waals surface area contributed by atoms with Crippen LogP contribution in [0, 0.1) is 0 Å². The van der Waals surface area contributed by atoms with E-state index in [0.29, 0.717) is 0 Å². The lowest BCUT2D eigenvalue weighted by Crippen LogP contribution is -2.28. The van der Waals surface area contributed by atoms with Crippen molar-refractivity contribution in [2.24, 2.45) is 0 Å². The molecule has 1 heterocycles. The molecular formula is C61H42N2O. The van der Waals surface area contributed by atoms with Gasteiger partial charge in [-0.2, -0.15) is 0 Å². The maximum absolute atomic E-state index is 6.51. The fraction of sp³-hybridized carbons (Fsp3) is 0.0164. The van der Waals surface area contributed by atoms with Crippen LogP contribution in [0.4, 0.5) is 34.1 Å². The highest BCUT2D eigenvalue weighted by Gasteiger charge is 2.46. The molecule has 0 spiro atoms. The first-order valence-corrected chi connectivity index (χ1v) is 21.9. The maximum atomic E-state index is 6.51. The molecule has 11 aromatic rings. The lowest BCUT2D eigenvalue weighted by molar-refractivity contribution is 0.669. The smallest absolute Gasteiger partial charge is 0.137 e. The zero-order valence-electron chi connectivity index (χ0n) is 35.1. The van der Waals surface area contributed by atoms with Crippen molar-refractivity contribution in [3.63, 3.8) is 0 Å². The van der Waals surface area contributed by atoms with Crippen LogP contribution in [0.1, 0.15) is 22.3 Å². The van der Waals surface area contributed by atoms with E-state index in [1.165, 1.54) is 33.4 Å². The molecule has 302 valence electrons. The van der Waals surface area contributed by atoms with Gasteiger partial charge in [0.2, 0.25) is 0 Å². The molecule has 12 rings (SSSR count).